The summed E-state index contributed by atoms with van der Waals surface area (Å²) in [5.41, 5.74) is 3.45. The van der Waals surface area contributed by atoms with Crippen molar-refractivity contribution >= 4 is 28.3 Å². The minimum atomic E-state index is -0.374. The number of rotatable bonds is 4. The van der Waals surface area contributed by atoms with E-state index in [0.29, 0.717) is 17.1 Å². The van der Waals surface area contributed by atoms with Crippen LogP contribution in [0, 0.1) is 6.92 Å². The Morgan fingerprint density at radius 2 is 2.10 bits per heavy atom. The number of urea groups is 1. The van der Waals surface area contributed by atoms with Crippen LogP contribution in [0.2, 0.25) is 0 Å². The molecule has 2 aliphatic rings. The Morgan fingerprint density at radius 1 is 1.31 bits per heavy atom. The van der Waals surface area contributed by atoms with Crippen LogP contribution >= 0.6 is 11.3 Å². The lowest BCUT2D eigenvalue weighted by molar-refractivity contribution is 0.0601. The number of likely N-dealkylation sites (tertiary alicyclic amines) is 1. The van der Waals surface area contributed by atoms with Gasteiger partial charge in [-0.05, 0) is 51.0 Å². The number of anilines is 1. The van der Waals surface area contributed by atoms with E-state index in [0.717, 1.165) is 67.5 Å². The number of methoxy groups -OCH3 is 1. The van der Waals surface area contributed by atoms with Crippen LogP contribution in [-0.4, -0.2) is 35.7 Å². The largest absolute Gasteiger partial charge is 0.465 e. The molecule has 7 nitrogen and oxygen atoms in total. The lowest BCUT2D eigenvalue weighted by Gasteiger charge is -2.25. The first-order valence-electron chi connectivity index (χ1n) is 10.3. The van der Waals surface area contributed by atoms with E-state index in [1.165, 1.54) is 23.3 Å². The number of nitrogens with zero attached hydrogens (tertiary/aromatic N) is 2. The van der Waals surface area contributed by atoms with E-state index in [-0.39, 0.29) is 18.0 Å². The molecule has 0 radical (unpaired) electrons. The lowest BCUT2D eigenvalue weighted by atomic mass is 9.95. The molecule has 1 unspecified atom stereocenters. The van der Waals surface area contributed by atoms with E-state index in [4.69, 9.17) is 9.26 Å². The van der Waals surface area contributed by atoms with Crippen LogP contribution in [0.15, 0.2) is 4.52 Å². The Morgan fingerprint density at radius 3 is 2.86 bits per heavy atom. The van der Waals surface area contributed by atoms with Gasteiger partial charge in [0.05, 0.1) is 24.4 Å². The van der Waals surface area contributed by atoms with E-state index in [9.17, 15) is 9.59 Å². The Labute approximate surface area is 174 Å². The van der Waals surface area contributed by atoms with Crippen LogP contribution in [-0.2, 0) is 24.0 Å². The molecule has 1 saturated heterocycles. The first-order valence-corrected chi connectivity index (χ1v) is 11.1. The SMILES string of the molecule is CCc1onc(C)c1C1CCCN1C(=O)Nc1sc2c(c1C(=O)OC)CCCC2. The second-order valence-electron chi connectivity index (χ2n) is 7.65. The molecular formula is C21H27N3O4S. The number of amides is 2. The van der Waals surface area contributed by atoms with E-state index >= 15 is 0 Å². The van der Waals surface area contributed by atoms with Gasteiger partial charge in [-0.25, -0.2) is 9.59 Å². The summed E-state index contributed by atoms with van der Waals surface area (Å²) >= 11 is 1.51. The van der Waals surface area contributed by atoms with Gasteiger partial charge < -0.3 is 14.2 Å². The first kappa shape index (κ1) is 19.9. The topological polar surface area (TPSA) is 84.7 Å². The summed E-state index contributed by atoms with van der Waals surface area (Å²) in [6, 6.07) is -0.230. The van der Waals surface area contributed by atoms with Gasteiger partial charge in [0, 0.05) is 23.4 Å². The summed E-state index contributed by atoms with van der Waals surface area (Å²) in [7, 11) is 1.39. The maximum atomic E-state index is 13.2. The van der Waals surface area contributed by atoms with Crippen LogP contribution < -0.4 is 5.32 Å². The first-order chi connectivity index (χ1) is 14.0. The van der Waals surface area contributed by atoms with Crippen LogP contribution in [0.25, 0.3) is 0 Å². The molecule has 4 rings (SSSR count). The molecule has 8 heteroatoms. The zero-order valence-electron chi connectivity index (χ0n) is 17.2. The molecule has 1 atom stereocenters. The van der Waals surface area contributed by atoms with Crippen molar-refractivity contribution in [1.82, 2.24) is 10.1 Å². The highest BCUT2D eigenvalue weighted by Crippen LogP contribution is 2.40. The van der Waals surface area contributed by atoms with Gasteiger partial charge >= 0.3 is 12.0 Å². The zero-order chi connectivity index (χ0) is 20.5. The van der Waals surface area contributed by atoms with Gasteiger partial charge in [-0.15, -0.1) is 11.3 Å². The minimum Gasteiger partial charge on any atom is -0.465 e. The van der Waals surface area contributed by atoms with Gasteiger partial charge in [-0.2, -0.15) is 0 Å². The summed E-state index contributed by atoms with van der Waals surface area (Å²) in [5.74, 6) is 0.467. The predicted molar refractivity (Wildman–Crippen MR) is 111 cm³/mol. The summed E-state index contributed by atoms with van der Waals surface area (Å²) < 4.78 is 10.5. The monoisotopic (exact) mass is 417 g/mol. The van der Waals surface area contributed by atoms with Crippen molar-refractivity contribution in [1.29, 1.82) is 0 Å². The van der Waals surface area contributed by atoms with Gasteiger partial charge in [0.15, 0.2) is 0 Å². The Balaban J connectivity index is 1.62. The molecule has 2 amide bonds. The van der Waals surface area contributed by atoms with Gasteiger partial charge in [0.2, 0.25) is 0 Å². The summed E-state index contributed by atoms with van der Waals surface area (Å²) in [5, 5.41) is 7.75. The average Bonchev–Trinajstić information content (AvgIpc) is 3.43. The quantitative estimate of drug-likeness (QED) is 0.733. The molecule has 0 bridgehead atoms. The second kappa shape index (κ2) is 8.18. The maximum Gasteiger partial charge on any atom is 0.341 e. The summed E-state index contributed by atoms with van der Waals surface area (Å²) in [6.07, 6.45) is 6.53. The fraction of sp³-hybridized carbons (Fsp3) is 0.571. The number of fused-ring (bicyclic) bond motifs is 1. The highest BCUT2D eigenvalue weighted by Gasteiger charge is 2.35. The number of aryl methyl sites for hydroxylation is 3. The standard InChI is InChI=1S/C21H27N3O4S/c1-4-15-17(12(2)23-28-15)14-9-7-11-24(14)21(26)22-19-18(20(25)27-3)13-8-5-6-10-16(13)29-19/h14H,4-11H2,1-3H3,(H,22,26). The fourth-order valence-corrected chi connectivity index (χ4v) is 5.82. The van der Waals surface area contributed by atoms with Gasteiger partial charge in [-0.1, -0.05) is 12.1 Å². The number of thiophene rings is 1. The molecule has 29 heavy (non-hydrogen) atoms. The molecule has 0 spiro atoms. The number of hydrogen-bond acceptors (Lipinski definition) is 6. The highest BCUT2D eigenvalue weighted by atomic mass is 32.1. The van der Waals surface area contributed by atoms with Crippen molar-refractivity contribution in [3.8, 4) is 0 Å². The van der Waals surface area contributed by atoms with Crippen molar-refractivity contribution in [3.63, 3.8) is 0 Å². The number of ether oxygens (including phenoxy) is 1. The van der Waals surface area contributed by atoms with E-state index in [2.05, 4.69) is 10.5 Å². The summed E-state index contributed by atoms with van der Waals surface area (Å²) in [4.78, 5) is 28.7. The highest BCUT2D eigenvalue weighted by molar-refractivity contribution is 7.17. The van der Waals surface area contributed by atoms with E-state index in [1.54, 1.807) is 0 Å². The van der Waals surface area contributed by atoms with Crippen LogP contribution in [0.1, 0.15) is 76.5 Å². The smallest absolute Gasteiger partial charge is 0.341 e. The molecule has 156 valence electrons. The number of hydrogen-bond donors (Lipinski definition) is 1. The molecule has 2 aromatic rings. The second-order valence-corrected chi connectivity index (χ2v) is 8.75. The number of carbonyl (C=O) groups is 2. The van der Waals surface area contributed by atoms with Crippen molar-refractivity contribution in [2.45, 2.75) is 64.8 Å². The third-order valence-corrected chi connectivity index (χ3v) is 7.14. The maximum absolute atomic E-state index is 13.2. The van der Waals surface area contributed by atoms with E-state index in [1.807, 2.05) is 18.7 Å². The fourth-order valence-electron chi connectivity index (χ4n) is 4.56. The molecule has 0 saturated carbocycles. The van der Waals surface area contributed by atoms with Crippen molar-refractivity contribution in [2.75, 3.05) is 19.0 Å². The number of esters is 1. The van der Waals surface area contributed by atoms with Crippen molar-refractivity contribution in [3.05, 3.63) is 33.0 Å². The molecule has 0 aromatic carbocycles. The molecule has 3 heterocycles. The minimum absolute atomic E-state index is 0.0487. The Bertz CT molecular complexity index is 933. The summed E-state index contributed by atoms with van der Waals surface area (Å²) in [6.45, 7) is 4.62. The Kier molecular flexibility index (Phi) is 5.63. The number of carbonyl (C=O) groups excluding carboxylic acids is 2. The molecule has 1 fully saturated rings. The van der Waals surface area contributed by atoms with Crippen LogP contribution in [0.4, 0.5) is 9.80 Å². The van der Waals surface area contributed by atoms with Crippen LogP contribution in [0.5, 0.6) is 0 Å². The average molecular weight is 418 g/mol. The van der Waals surface area contributed by atoms with Gasteiger partial charge in [0.1, 0.15) is 10.8 Å². The normalized spacial score (nSPS) is 18.6. The number of aromatic nitrogens is 1. The Hall–Kier alpha value is -2.35. The third kappa shape index (κ3) is 3.54. The molecule has 1 aliphatic carbocycles. The zero-order valence-corrected chi connectivity index (χ0v) is 18.0. The molecule has 1 aliphatic heterocycles. The van der Waals surface area contributed by atoms with Crippen molar-refractivity contribution in [2.24, 2.45) is 0 Å². The van der Waals surface area contributed by atoms with Gasteiger partial charge in [-0.3, -0.25) is 5.32 Å². The molecule has 2 aromatic heterocycles. The predicted octanol–water partition coefficient (Wildman–Crippen LogP) is 4.64. The molecule has 1 N–H and O–H groups in total. The van der Waals surface area contributed by atoms with Crippen molar-refractivity contribution < 1.29 is 18.8 Å². The lowest BCUT2D eigenvalue weighted by Crippen LogP contribution is -2.35. The number of nitrogens with one attached hydrogen (secondary N) is 1. The molecular weight excluding hydrogens is 390 g/mol. The van der Waals surface area contributed by atoms with Gasteiger partial charge in [0.25, 0.3) is 0 Å². The van der Waals surface area contributed by atoms with E-state index < -0.39 is 0 Å². The third-order valence-electron chi connectivity index (χ3n) is 5.93. The van der Waals surface area contributed by atoms with Crippen LogP contribution in [0.3, 0.4) is 0 Å².